The van der Waals surface area contributed by atoms with Gasteiger partial charge in [0.05, 0.1) is 0 Å². The molecular weight excluding hydrogens is 188 g/mol. The third-order valence-electron chi connectivity index (χ3n) is 2.34. The zero-order valence-electron chi connectivity index (χ0n) is 8.59. The molecule has 0 aliphatic carbocycles. The summed E-state index contributed by atoms with van der Waals surface area (Å²) in [5.41, 5.74) is 14.1. The Bertz CT molecular complexity index is 447. The van der Waals surface area contributed by atoms with Crippen molar-refractivity contribution in [3.05, 3.63) is 30.0 Å². The maximum Gasteiger partial charge on any atom is 0.0477 e. The van der Waals surface area contributed by atoms with Crippen molar-refractivity contribution in [2.45, 2.75) is 6.54 Å². The zero-order chi connectivity index (χ0) is 10.7. The van der Waals surface area contributed by atoms with Crippen LogP contribution in [0.2, 0.25) is 0 Å². The Morgan fingerprint density at radius 2 is 2.13 bits per heavy atom. The van der Waals surface area contributed by atoms with Gasteiger partial charge in [-0.1, -0.05) is 6.07 Å². The van der Waals surface area contributed by atoms with Crippen LogP contribution in [-0.4, -0.2) is 18.1 Å². The van der Waals surface area contributed by atoms with E-state index in [-0.39, 0.29) is 0 Å². The second-order valence-corrected chi connectivity index (χ2v) is 3.61. The molecular formula is C11H16N4. The average molecular weight is 204 g/mol. The number of aromatic amines is 1. The molecule has 0 aliphatic rings. The van der Waals surface area contributed by atoms with Crippen LogP contribution in [0.3, 0.4) is 0 Å². The summed E-state index contributed by atoms with van der Waals surface area (Å²) in [7, 11) is 0. The summed E-state index contributed by atoms with van der Waals surface area (Å²) in [6.07, 6.45) is 0. The van der Waals surface area contributed by atoms with Crippen LogP contribution in [0.1, 0.15) is 5.69 Å². The highest BCUT2D eigenvalue weighted by Crippen LogP contribution is 2.17. The van der Waals surface area contributed by atoms with Gasteiger partial charge in [-0.3, -0.25) is 0 Å². The summed E-state index contributed by atoms with van der Waals surface area (Å²) < 4.78 is 0. The Morgan fingerprint density at radius 3 is 2.93 bits per heavy atom. The number of rotatable bonds is 4. The number of hydrogen-bond acceptors (Lipinski definition) is 3. The first kappa shape index (κ1) is 10.0. The van der Waals surface area contributed by atoms with E-state index in [1.54, 1.807) is 0 Å². The van der Waals surface area contributed by atoms with E-state index in [0.29, 0.717) is 6.54 Å². The smallest absolute Gasteiger partial charge is 0.0477 e. The Morgan fingerprint density at radius 1 is 1.27 bits per heavy atom. The first-order valence-electron chi connectivity index (χ1n) is 5.07. The Labute approximate surface area is 88.6 Å². The molecule has 0 atom stereocenters. The molecule has 2 rings (SSSR count). The SMILES string of the molecule is NCCNCc1cc2ccc(N)cc2[nH]1. The third-order valence-corrected chi connectivity index (χ3v) is 2.34. The number of nitrogens with two attached hydrogens (primary N) is 2. The lowest BCUT2D eigenvalue weighted by molar-refractivity contribution is 0.686. The fourth-order valence-electron chi connectivity index (χ4n) is 1.63. The summed E-state index contributed by atoms with van der Waals surface area (Å²) >= 11 is 0. The van der Waals surface area contributed by atoms with Crippen molar-refractivity contribution >= 4 is 16.6 Å². The lowest BCUT2D eigenvalue weighted by Crippen LogP contribution is -2.21. The fourth-order valence-corrected chi connectivity index (χ4v) is 1.63. The minimum absolute atomic E-state index is 0.660. The van der Waals surface area contributed by atoms with Crippen LogP contribution in [-0.2, 0) is 6.54 Å². The summed E-state index contributed by atoms with van der Waals surface area (Å²) in [5, 5.41) is 4.43. The normalized spacial score (nSPS) is 11.0. The van der Waals surface area contributed by atoms with E-state index in [1.165, 1.54) is 5.39 Å². The minimum Gasteiger partial charge on any atom is -0.399 e. The van der Waals surface area contributed by atoms with Crippen LogP contribution in [0.5, 0.6) is 0 Å². The summed E-state index contributed by atoms with van der Waals surface area (Å²) in [6.45, 7) is 2.30. The molecule has 0 unspecified atom stereocenters. The third kappa shape index (κ3) is 2.29. The molecule has 6 N–H and O–H groups in total. The lowest BCUT2D eigenvalue weighted by Gasteiger charge is -1.98. The second-order valence-electron chi connectivity index (χ2n) is 3.61. The standard InChI is InChI=1S/C11H16N4/c12-3-4-14-7-10-5-8-1-2-9(13)6-11(8)15-10/h1-2,5-6,14-15H,3-4,7,12-13H2. The molecule has 0 radical (unpaired) electrons. The molecule has 0 spiro atoms. The molecule has 1 aromatic heterocycles. The van der Waals surface area contributed by atoms with Gasteiger partial charge >= 0.3 is 0 Å². The topological polar surface area (TPSA) is 79.9 Å². The Hall–Kier alpha value is -1.52. The summed E-state index contributed by atoms with van der Waals surface area (Å²) in [5.74, 6) is 0. The molecule has 0 saturated heterocycles. The molecule has 0 amide bonds. The van der Waals surface area contributed by atoms with Crippen LogP contribution in [0.4, 0.5) is 5.69 Å². The van der Waals surface area contributed by atoms with E-state index in [9.17, 15) is 0 Å². The van der Waals surface area contributed by atoms with E-state index in [2.05, 4.69) is 16.4 Å². The second kappa shape index (κ2) is 4.33. The lowest BCUT2D eigenvalue weighted by atomic mass is 10.2. The quantitative estimate of drug-likeness (QED) is 0.439. The molecule has 4 nitrogen and oxygen atoms in total. The van der Waals surface area contributed by atoms with Gasteiger partial charge in [0.1, 0.15) is 0 Å². The molecule has 0 aliphatic heterocycles. The monoisotopic (exact) mass is 204 g/mol. The molecule has 2 aromatic rings. The van der Waals surface area contributed by atoms with Gasteiger partial charge in [0.15, 0.2) is 0 Å². The fraction of sp³-hybridized carbons (Fsp3) is 0.273. The highest BCUT2D eigenvalue weighted by molar-refractivity contribution is 5.83. The number of fused-ring (bicyclic) bond motifs is 1. The van der Waals surface area contributed by atoms with Gasteiger partial charge in [0.25, 0.3) is 0 Å². The van der Waals surface area contributed by atoms with Crippen molar-refractivity contribution in [1.82, 2.24) is 10.3 Å². The molecule has 1 heterocycles. The van der Waals surface area contributed by atoms with Crippen molar-refractivity contribution in [1.29, 1.82) is 0 Å². The molecule has 0 fully saturated rings. The van der Waals surface area contributed by atoms with E-state index < -0.39 is 0 Å². The zero-order valence-corrected chi connectivity index (χ0v) is 8.59. The Balaban J connectivity index is 2.16. The van der Waals surface area contributed by atoms with Gasteiger partial charge in [0.2, 0.25) is 0 Å². The highest BCUT2D eigenvalue weighted by Gasteiger charge is 2.00. The van der Waals surface area contributed by atoms with E-state index in [1.807, 2.05) is 18.2 Å². The molecule has 0 saturated carbocycles. The summed E-state index contributed by atoms with van der Waals surface area (Å²) in [4.78, 5) is 3.31. The van der Waals surface area contributed by atoms with Gasteiger partial charge < -0.3 is 21.8 Å². The van der Waals surface area contributed by atoms with E-state index in [4.69, 9.17) is 11.5 Å². The number of nitrogen functional groups attached to an aromatic ring is 1. The van der Waals surface area contributed by atoms with Crippen molar-refractivity contribution in [3.63, 3.8) is 0 Å². The van der Waals surface area contributed by atoms with Gasteiger partial charge in [-0.05, 0) is 23.6 Å². The number of nitrogens with one attached hydrogen (secondary N) is 2. The van der Waals surface area contributed by atoms with E-state index in [0.717, 1.165) is 30.0 Å². The maximum absolute atomic E-state index is 5.70. The van der Waals surface area contributed by atoms with Crippen LogP contribution in [0.25, 0.3) is 10.9 Å². The van der Waals surface area contributed by atoms with Gasteiger partial charge in [-0.15, -0.1) is 0 Å². The maximum atomic E-state index is 5.70. The highest BCUT2D eigenvalue weighted by atomic mass is 14.9. The summed E-state index contributed by atoms with van der Waals surface area (Å²) in [6, 6.07) is 8.00. The number of benzene rings is 1. The predicted octanol–water partition coefficient (Wildman–Crippen LogP) is 0.798. The number of H-pyrrole nitrogens is 1. The number of aromatic nitrogens is 1. The molecule has 1 aromatic carbocycles. The van der Waals surface area contributed by atoms with Gasteiger partial charge in [0, 0.05) is 36.5 Å². The predicted molar refractivity (Wildman–Crippen MR) is 63.5 cm³/mol. The van der Waals surface area contributed by atoms with Crippen LogP contribution >= 0.6 is 0 Å². The molecule has 15 heavy (non-hydrogen) atoms. The van der Waals surface area contributed by atoms with Crippen LogP contribution in [0, 0.1) is 0 Å². The van der Waals surface area contributed by atoms with E-state index >= 15 is 0 Å². The van der Waals surface area contributed by atoms with Gasteiger partial charge in [-0.2, -0.15) is 0 Å². The minimum atomic E-state index is 0.660. The molecule has 80 valence electrons. The van der Waals surface area contributed by atoms with Crippen LogP contribution < -0.4 is 16.8 Å². The van der Waals surface area contributed by atoms with Crippen molar-refractivity contribution < 1.29 is 0 Å². The molecule has 4 heteroatoms. The number of hydrogen-bond donors (Lipinski definition) is 4. The van der Waals surface area contributed by atoms with Crippen molar-refractivity contribution in [2.75, 3.05) is 18.8 Å². The number of anilines is 1. The van der Waals surface area contributed by atoms with Crippen molar-refractivity contribution in [3.8, 4) is 0 Å². The first-order valence-corrected chi connectivity index (χ1v) is 5.07. The molecule has 0 bridgehead atoms. The first-order chi connectivity index (χ1) is 7.29. The average Bonchev–Trinajstić information content (AvgIpc) is 2.60. The Kier molecular flexibility index (Phi) is 2.89. The van der Waals surface area contributed by atoms with Crippen LogP contribution in [0.15, 0.2) is 24.3 Å². The largest absolute Gasteiger partial charge is 0.399 e. The van der Waals surface area contributed by atoms with Gasteiger partial charge in [-0.25, -0.2) is 0 Å². The van der Waals surface area contributed by atoms with Crippen molar-refractivity contribution in [2.24, 2.45) is 5.73 Å².